The molecule has 2 aromatic carbocycles. The maximum atomic E-state index is 13.4. The Kier molecular flexibility index (Phi) is 5.02. The van der Waals surface area contributed by atoms with E-state index in [9.17, 15) is 14.0 Å². The summed E-state index contributed by atoms with van der Waals surface area (Å²) in [6.45, 7) is 2.01. The van der Waals surface area contributed by atoms with Crippen LogP contribution in [0.5, 0.6) is 5.95 Å². The minimum Gasteiger partial charge on any atom is -0.449 e. The number of carbonyl (C=O) groups is 2. The summed E-state index contributed by atoms with van der Waals surface area (Å²) in [5.41, 5.74) is 1.48. The van der Waals surface area contributed by atoms with Gasteiger partial charge in [0.15, 0.2) is 0 Å². The summed E-state index contributed by atoms with van der Waals surface area (Å²) in [6.07, 6.45) is -1.47. The van der Waals surface area contributed by atoms with Crippen LogP contribution < -0.4 is 9.64 Å². The van der Waals surface area contributed by atoms with Gasteiger partial charge >= 0.3 is 6.16 Å². The number of amides is 1. The Bertz CT molecular complexity index is 1090. The van der Waals surface area contributed by atoms with Crippen LogP contribution in [0.2, 0.25) is 5.02 Å². The molecule has 4 rings (SSSR count). The number of piperazine rings is 1. The molecule has 1 aromatic heterocycles. The van der Waals surface area contributed by atoms with Gasteiger partial charge in [0, 0.05) is 43.2 Å². The number of carbonyl (C=O) groups excluding carboxylic acids is 1. The van der Waals surface area contributed by atoms with Gasteiger partial charge in [-0.15, -0.1) is 0 Å². The van der Waals surface area contributed by atoms with Crippen LogP contribution in [-0.2, 0) is 0 Å². The third kappa shape index (κ3) is 3.84. The van der Waals surface area contributed by atoms with Crippen LogP contribution in [0.25, 0.3) is 11.0 Å². The van der Waals surface area contributed by atoms with Crippen LogP contribution in [0, 0.1) is 5.82 Å². The molecule has 1 N–H and O–H groups in total. The quantitative estimate of drug-likeness (QED) is 0.640. The molecule has 0 aliphatic carbocycles. The molecule has 3 aromatic rings. The molecule has 0 radical (unpaired) electrons. The smallest absolute Gasteiger partial charge is 0.449 e. The highest BCUT2D eigenvalue weighted by molar-refractivity contribution is 6.38. The van der Waals surface area contributed by atoms with Crippen molar-refractivity contribution >= 4 is 40.3 Å². The molecule has 0 spiro atoms. The average Bonchev–Trinajstić information content (AvgIpc) is 3.11. The number of anilines is 1. The van der Waals surface area contributed by atoms with Gasteiger partial charge in [-0.3, -0.25) is 4.79 Å². The van der Waals surface area contributed by atoms with Crippen LogP contribution in [0.4, 0.5) is 14.9 Å². The Morgan fingerprint density at radius 1 is 1.10 bits per heavy atom. The first-order valence-electron chi connectivity index (χ1n) is 8.85. The zero-order chi connectivity index (χ0) is 20.5. The number of carboxylic acid groups (broad SMARTS) is 1. The van der Waals surface area contributed by atoms with E-state index in [1.54, 1.807) is 23.1 Å². The van der Waals surface area contributed by atoms with Crippen molar-refractivity contribution in [2.24, 2.45) is 0 Å². The fourth-order valence-corrected chi connectivity index (χ4v) is 3.71. The Morgan fingerprint density at radius 2 is 1.86 bits per heavy atom. The fourth-order valence-electron chi connectivity index (χ4n) is 3.38. The van der Waals surface area contributed by atoms with E-state index < -0.39 is 12.0 Å². The van der Waals surface area contributed by atoms with Crippen molar-refractivity contribution in [1.29, 1.82) is 0 Å². The Balaban J connectivity index is 1.49. The van der Waals surface area contributed by atoms with Gasteiger partial charge in [0.05, 0.1) is 10.7 Å². The van der Waals surface area contributed by atoms with Gasteiger partial charge in [0.2, 0.25) is 0 Å². The normalized spacial score (nSPS) is 14.3. The number of furan rings is 1. The third-order valence-corrected chi connectivity index (χ3v) is 5.16. The van der Waals surface area contributed by atoms with E-state index in [1.165, 1.54) is 24.3 Å². The van der Waals surface area contributed by atoms with E-state index in [-0.39, 0.29) is 11.9 Å². The first kappa shape index (κ1) is 19.1. The largest absolute Gasteiger partial charge is 0.513 e. The van der Waals surface area contributed by atoms with Crippen molar-refractivity contribution in [3.63, 3.8) is 0 Å². The van der Waals surface area contributed by atoms with E-state index >= 15 is 0 Å². The van der Waals surface area contributed by atoms with Crippen LogP contribution in [0.1, 0.15) is 10.4 Å². The number of halogens is 2. The minimum absolute atomic E-state index is 0.156. The molecule has 1 fully saturated rings. The highest BCUT2D eigenvalue weighted by Crippen LogP contribution is 2.37. The van der Waals surface area contributed by atoms with E-state index in [2.05, 4.69) is 4.74 Å². The van der Waals surface area contributed by atoms with Crippen LogP contribution in [0.3, 0.4) is 0 Å². The van der Waals surface area contributed by atoms with Gasteiger partial charge in [0.25, 0.3) is 11.9 Å². The predicted octanol–water partition coefficient (Wildman–Crippen LogP) is 4.24. The summed E-state index contributed by atoms with van der Waals surface area (Å²) >= 11 is 6.51. The molecule has 7 nitrogen and oxygen atoms in total. The summed E-state index contributed by atoms with van der Waals surface area (Å²) in [4.78, 5) is 26.9. The second-order valence-corrected chi connectivity index (χ2v) is 6.91. The molecule has 0 bridgehead atoms. The van der Waals surface area contributed by atoms with Crippen molar-refractivity contribution in [2.45, 2.75) is 0 Å². The third-order valence-electron chi connectivity index (χ3n) is 4.76. The van der Waals surface area contributed by atoms with Crippen molar-refractivity contribution in [2.75, 3.05) is 31.1 Å². The summed E-state index contributed by atoms with van der Waals surface area (Å²) in [5, 5.41) is 9.66. The number of benzene rings is 2. The molecule has 1 amide bonds. The molecule has 29 heavy (non-hydrogen) atoms. The number of nitrogens with zero attached hydrogens (tertiary/aromatic N) is 2. The SMILES string of the molecule is O=C(O)Oc1cc2c(Cl)c(N3CCN(C(=O)c4cccc(F)c4)CC3)ccc2o1. The lowest BCUT2D eigenvalue weighted by atomic mass is 10.1. The first-order chi connectivity index (χ1) is 13.9. The highest BCUT2D eigenvalue weighted by Gasteiger charge is 2.25. The summed E-state index contributed by atoms with van der Waals surface area (Å²) in [7, 11) is 0. The first-order valence-corrected chi connectivity index (χ1v) is 9.23. The number of fused-ring (bicyclic) bond motifs is 1. The number of rotatable bonds is 3. The van der Waals surface area contributed by atoms with Gasteiger partial charge < -0.3 is 24.1 Å². The lowest BCUT2D eigenvalue weighted by Gasteiger charge is -2.36. The number of hydrogen-bond donors (Lipinski definition) is 1. The predicted molar refractivity (Wildman–Crippen MR) is 104 cm³/mol. The molecular weight excluding hydrogens is 403 g/mol. The van der Waals surface area contributed by atoms with E-state index in [4.69, 9.17) is 21.1 Å². The average molecular weight is 419 g/mol. The molecule has 1 aliphatic heterocycles. The van der Waals surface area contributed by atoms with E-state index in [1.807, 2.05) is 4.90 Å². The second kappa shape index (κ2) is 7.63. The van der Waals surface area contributed by atoms with Crippen LogP contribution in [0.15, 0.2) is 46.9 Å². The molecule has 1 saturated heterocycles. The molecule has 9 heteroatoms. The van der Waals surface area contributed by atoms with Gasteiger partial charge in [0.1, 0.15) is 11.4 Å². The Hall–Kier alpha value is -3.26. The van der Waals surface area contributed by atoms with E-state index in [0.717, 1.165) is 5.69 Å². The van der Waals surface area contributed by atoms with Gasteiger partial charge in [-0.25, -0.2) is 9.18 Å². The topological polar surface area (TPSA) is 83.2 Å². The highest BCUT2D eigenvalue weighted by atomic mass is 35.5. The van der Waals surface area contributed by atoms with Gasteiger partial charge in [-0.05, 0) is 30.3 Å². The lowest BCUT2D eigenvalue weighted by molar-refractivity contribution is 0.0746. The maximum absolute atomic E-state index is 13.4. The molecule has 0 atom stereocenters. The second-order valence-electron chi connectivity index (χ2n) is 6.53. The Morgan fingerprint density at radius 3 is 2.55 bits per heavy atom. The molecule has 150 valence electrons. The molecule has 2 heterocycles. The van der Waals surface area contributed by atoms with Gasteiger partial charge in [-0.2, -0.15) is 0 Å². The van der Waals surface area contributed by atoms with Gasteiger partial charge in [-0.1, -0.05) is 17.7 Å². The number of ether oxygens (including phenoxy) is 1. The van der Waals surface area contributed by atoms with Crippen molar-refractivity contribution in [1.82, 2.24) is 4.90 Å². The molecule has 0 saturated carbocycles. The molecular formula is C20H16ClFN2O5. The fraction of sp³-hybridized carbons (Fsp3) is 0.200. The van der Waals surface area contributed by atoms with Crippen LogP contribution in [-0.4, -0.2) is 48.2 Å². The zero-order valence-corrected chi connectivity index (χ0v) is 15.9. The summed E-state index contributed by atoms with van der Waals surface area (Å²) in [5.74, 6) is -0.811. The minimum atomic E-state index is -1.47. The number of hydrogen-bond acceptors (Lipinski definition) is 5. The van der Waals surface area contributed by atoms with E-state index in [0.29, 0.717) is 47.7 Å². The van der Waals surface area contributed by atoms with Crippen LogP contribution >= 0.6 is 11.6 Å². The standard InChI is InChI=1S/C20H16ClFN2O5/c21-18-14-11-17(29-20(26)27)28-16(14)5-4-15(18)23-6-8-24(9-7-23)19(25)12-2-1-3-13(22)10-12/h1-5,10-11H,6-9H2,(H,26,27). The molecule has 0 unspecified atom stereocenters. The van der Waals surface area contributed by atoms with Crippen molar-refractivity contribution in [3.05, 3.63) is 58.9 Å². The summed E-state index contributed by atoms with van der Waals surface area (Å²) < 4.78 is 23.2. The lowest BCUT2D eigenvalue weighted by Crippen LogP contribution is -2.48. The summed E-state index contributed by atoms with van der Waals surface area (Å²) in [6, 6.07) is 10.5. The maximum Gasteiger partial charge on any atom is 0.513 e. The Labute approximate surface area is 169 Å². The van der Waals surface area contributed by atoms with Crippen molar-refractivity contribution in [3.8, 4) is 5.95 Å². The monoisotopic (exact) mass is 418 g/mol. The molecule has 1 aliphatic rings. The van der Waals surface area contributed by atoms with Crippen molar-refractivity contribution < 1.29 is 28.2 Å². The zero-order valence-electron chi connectivity index (χ0n) is 15.1.